The number of carbonyl (C=O) groups is 6. The van der Waals surface area contributed by atoms with Crippen LogP contribution in [0, 0.1) is 57.2 Å². The van der Waals surface area contributed by atoms with Crippen LogP contribution in [0.5, 0.6) is 0 Å². The highest BCUT2D eigenvalue weighted by atomic mass is 33.5. The molecule has 17 heteroatoms. The summed E-state index contributed by atoms with van der Waals surface area (Å²) in [6.45, 7) is 3.05. The largest absolute Gasteiger partial charge is 0.449 e. The lowest BCUT2D eigenvalue weighted by Gasteiger charge is -2.63. The highest BCUT2D eigenvalue weighted by molar-refractivity contribution is 9.14. The fourth-order valence-electron chi connectivity index (χ4n) is 15.1. The second kappa shape index (κ2) is 15.9. The second-order valence-electron chi connectivity index (χ2n) is 20.6. The molecule has 0 aromatic rings. The van der Waals surface area contributed by atoms with Gasteiger partial charge >= 0.3 is 11.9 Å². The Hall–Kier alpha value is -2.73. The van der Waals surface area contributed by atoms with Gasteiger partial charge in [-0.1, -0.05) is 53.6 Å². The average molecular weight is 973 g/mol. The molecule has 8 rings (SSSR count). The van der Waals surface area contributed by atoms with Gasteiger partial charge in [-0.25, -0.2) is 17.6 Å². The van der Waals surface area contributed by atoms with Crippen molar-refractivity contribution in [3.8, 4) is 0 Å². The lowest BCUT2D eigenvalue weighted by molar-refractivity contribution is -0.228. The molecule has 0 heterocycles. The Balaban J connectivity index is 1.13. The average Bonchev–Trinajstić information content (AvgIpc) is 3.59. The Morgan fingerprint density at radius 2 is 1.05 bits per heavy atom. The van der Waals surface area contributed by atoms with Gasteiger partial charge in [0, 0.05) is 66.4 Å². The van der Waals surface area contributed by atoms with Gasteiger partial charge in [-0.15, -0.1) is 0 Å². The number of allylic oxidation sites excluding steroid dienone is 8. The molecular formula is C48H58F4O10S3. The van der Waals surface area contributed by atoms with Crippen LogP contribution in [-0.2, 0) is 38.2 Å². The molecule has 356 valence electrons. The number of rotatable bonds is 8. The summed E-state index contributed by atoms with van der Waals surface area (Å²) >= 11 is 0. The number of ether oxygens (including phenoxy) is 2. The van der Waals surface area contributed by atoms with Gasteiger partial charge in [0.1, 0.15) is 12.3 Å². The van der Waals surface area contributed by atoms with Crippen LogP contribution in [0.1, 0.15) is 115 Å². The molecule has 6 saturated carbocycles. The van der Waals surface area contributed by atoms with E-state index in [1.807, 2.05) is 0 Å². The maximum atomic E-state index is 18.1. The number of carbonyl (C=O) groups excluding carboxylic acids is 6. The number of alkyl halides is 4. The third kappa shape index (κ3) is 6.14. The van der Waals surface area contributed by atoms with Crippen molar-refractivity contribution in [2.75, 3.05) is 0 Å². The zero-order valence-electron chi connectivity index (χ0n) is 42.8. The fourth-order valence-corrected chi connectivity index (χ4v) is 19.1. The highest BCUT2D eigenvalue weighted by Crippen LogP contribution is 2.75. The van der Waals surface area contributed by atoms with Gasteiger partial charge in [0.05, 0.1) is 12.2 Å². The van der Waals surface area contributed by atoms with E-state index >= 15 is 27.2 Å². The van der Waals surface area contributed by atoms with E-state index in [1.165, 1.54) is 53.7 Å². The Morgan fingerprint density at radius 3 is 1.40 bits per heavy atom. The summed E-state index contributed by atoms with van der Waals surface area (Å²) in [7, 11) is 1.27. The summed E-state index contributed by atoms with van der Waals surface area (Å²) in [4.78, 5) is 82.5. The molecular weight excluding hydrogens is 909 g/mol. The van der Waals surface area contributed by atoms with Crippen molar-refractivity contribution < 1.29 is 74.2 Å². The van der Waals surface area contributed by atoms with E-state index in [-0.39, 0.29) is 24.0 Å². The first-order valence-electron chi connectivity index (χ1n) is 25.0. The van der Waals surface area contributed by atoms with Crippen LogP contribution >= 0.6 is 31.4 Å². The lowest BCUT2D eigenvalue weighted by Crippen LogP contribution is -2.70. The summed E-state index contributed by atoms with van der Waals surface area (Å²) in [6, 6.07) is 0. The molecule has 0 aliphatic heterocycles. The van der Waals surface area contributed by atoms with E-state index in [0.29, 0.717) is 31.4 Å². The number of halogens is 4. The van der Waals surface area contributed by atoms with Crippen molar-refractivity contribution in [3.05, 3.63) is 47.6 Å². The Labute approximate surface area is 396 Å². The number of esters is 2. The molecule has 0 unspecified atom stereocenters. The van der Waals surface area contributed by atoms with Gasteiger partial charge in [-0.2, -0.15) is 0 Å². The van der Waals surface area contributed by atoms with Crippen LogP contribution in [-0.4, -0.2) is 91.0 Å². The first-order valence-corrected chi connectivity index (χ1v) is 25.5. The Bertz CT molecular complexity index is 2310. The molecule has 2 N–H and O–H groups in total. The Kier molecular flexibility index (Phi) is 10.1. The predicted octanol–water partition coefficient (Wildman–Crippen LogP) is 8.58. The van der Waals surface area contributed by atoms with Gasteiger partial charge in [-0.3, -0.25) is 28.8 Å². The minimum absolute atomic E-state index is 0.0737. The number of hydrogen-bond acceptors (Lipinski definition) is 13. The Morgan fingerprint density at radius 1 is 0.677 bits per heavy atom. The summed E-state index contributed by atoms with van der Waals surface area (Å²) < 4.78 is 128. The minimum atomic E-state index is -2.88. The topological polar surface area (TPSA) is 161 Å². The van der Waals surface area contributed by atoms with Gasteiger partial charge in [0.15, 0.2) is 34.1 Å². The van der Waals surface area contributed by atoms with Crippen LogP contribution in [0.3, 0.4) is 0 Å². The number of hydrogen-bond donors (Lipinski definition) is 2. The SMILES string of the molecule is [2H]C([2H])([2H])CC(=O)O[C@]1(C(=O)SSSC(=O)[C@]2(OC(=O)CC([2H])([2H])[2H])[C@H](C)C[C@H]3[C@@H]4C[C@H](F)C5=CC(=O)C=C[C@]5(C)[C@@]4(F)[C@@H](O)C[C@@]32C)[C@H](C)C[C@H]2[C@@H]3C[C@H](F)C4=CC(=O)C=C[C@]4(C)[C@@]3(F)[C@@H](O)C[C@@]21C. The third-order valence-electron chi connectivity index (χ3n) is 18.0. The standard InChI is InChI=1S/C48H58F4O10S3/c1-9-37(57)61-47(23(3)15-27-29-19-33(49)31-17-25(53)11-13-41(31,5)45(29,51)35(55)21-43(27,47)7)39(59)63-65-64-40(60)48(62-38(58)10-2)24(4)16-28-30-20-34(50)32-18-26(54)12-14-42(32,6)46(30,52)36(56)22-44(28,48)8/h11-14,17-18,23-24,27-30,33-36,55-56H,9-10,15-16,19-22H2,1-8H3/t23-,24-,27+,28+,29+,30+,33+,34+,35+,36+,41+,42+,43+,44+,45+,46+,47-,48+/m1/s1/i1D3,2D3. The van der Waals surface area contributed by atoms with Crippen molar-refractivity contribution in [2.45, 2.75) is 154 Å². The van der Waals surface area contributed by atoms with Crippen molar-refractivity contribution in [3.63, 3.8) is 0 Å². The van der Waals surface area contributed by atoms with Crippen molar-refractivity contribution >= 4 is 65.1 Å². The molecule has 0 bridgehead atoms. The fraction of sp³-hybridized carbons (Fsp3) is 0.708. The van der Waals surface area contributed by atoms with E-state index in [0.717, 1.165) is 24.3 Å². The molecule has 8 aliphatic carbocycles. The highest BCUT2D eigenvalue weighted by Gasteiger charge is 2.80. The lowest BCUT2D eigenvalue weighted by atomic mass is 9.44. The third-order valence-corrected chi connectivity index (χ3v) is 21.6. The quantitative estimate of drug-likeness (QED) is 0.135. The number of aliphatic hydroxyl groups excluding tert-OH is 2. The van der Waals surface area contributed by atoms with E-state index in [9.17, 15) is 29.4 Å². The van der Waals surface area contributed by atoms with Crippen LogP contribution in [0.25, 0.3) is 0 Å². The number of aliphatic hydroxyl groups is 2. The van der Waals surface area contributed by atoms with E-state index in [1.54, 1.807) is 0 Å². The molecule has 0 aromatic heterocycles. The molecule has 0 radical (unpaired) electrons. The number of fused-ring (bicyclic) bond motifs is 10. The zero-order valence-corrected chi connectivity index (χ0v) is 39.2. The zero-order chi connectivity index (χ0) is 52.8. The maximum absolute atomic E-state index is 18.1. The van der Waals surface area contributed by atoms with E-state index < -0.39 is 190 Å². The van der Waals surface area contributed by atoms with Crippen LogP contribution in [0.2, 0.25) is 0 Å². The van der Waals surface area contributed by atoms with Crippen molar-refractivity contribution in [1.29, 1.82) is 0 Å². The first kappa shape index (κ1) is 41.3. The molecule has 8 aliphatic rings. The summed E-state index contributed by atoms with van der Waals surface area (Å²) in [6.07, 6.45) is -5.45. The van der Waals surface area contributed by atoms with E-state index in [2.05, 4.69) is 0 Å². The first-order chi connectivity index (χ1) is 32.5. The van der Waals surface area contributed by atoms with Gasteiger partial charge in [0.2, 0.25) is 10.2 Å². The normalized spacial score (nSPS) is 51.0. The predicted molar refractivity (Wildman–Crippen MR) is 237 cm³/mol. The van der Waals surface area contributed by atoms with Crippen LogP contribution < -0.4 is 0 Å². The molecule has 18 atom stereocenters. The summed E-state index contributed by atoms with van der Waals surface area (Å²) in [5.74, 6) is -10.5. The minimum Gasteiger partial charge on any atom is -0.449 e. The smallest absolute Gasteiger partial charge is 0.306 e. The molecule has 0 aromatic carbocycles. The van der Waals surface area contributed by atoms with Crippen molar-refractivity contribution in [1.82, 2.24) is 0 Å². The summed E-state index contributed by atoms with van der Waals surface area (Å²) in [5, 5.41) is 22.2. The molecule has 6 fully saturated rings. The molecule has 0 spiro atoms. The van der Waals surface area contributed by atoms with Gasteiger partial charge < -0.3 is 19.7 Å². The second-order valence-corrected chi connectivity index (χ2v) is 24.4. The van der Waals surface area contributed by atoms with Crippen molar-refractivity contribution in [2.24, 2.45) is 57.2 Å². The van der Waals surface area contributed by atoms with Gasteiger partial charge in [-0.05, 0) is 131 Å². The monoisotopic (exact) mass is 972 g/mol. The molecule has 65 heavy (non-hydrogen) atoms. The number of ketones is 2. The van der Waals surface area contributed by atoms with Crippen LogP contribution in [0.4, 0.5) is 17.6 Å². The van der Waals surface area contributed by atoms with Crippen LogP contribution in [0.15, 0.2) is 47.6 Å². The summed E-state index contributed by atoms with van der Waals surface area (Å²) in [5.41, 5.74) is -17.1. The molecule has 10 nitrogen and oxygen atoms in total. The van der Waals surface area contributed by atoms with Gasteiger partial charge in [0.25, 0.3) is 0 Å². The maximum Gasteiger partial charge on any atom is 0.306 e. The molecule has 0 amide bonds. The molecule has 0 saturated heterocycles. The van der Waals surface area contributed by atoms with E-state index in [4.69, 9.17) is 17.7 Å².